The lowest BCUT2D eigenvalue weighted by atomic mass is 9.89. The van der Waals surface area contributed by atoms with E-state index < -0.39 is 31.7 Å². The summed E-state index contributed by atoms with van der Waals surface area (Å²) in [6.45, 7) is 1.00. The van der Waals surface area contributed by atoms with Crippen LogP contribution in [0, 0.1) is 0 Å². The van der Waals surface area contributed by atoms with Crippen molar-refractivity contribution in [2.24, 2.45) is 0 Å². The Kier molecular flexibility index (Phi) is 4.51. The molecule has 0 saturated carbocycles. The number of esters is 1. The fourth-order valence-corrected chi connectivity index (χ4v) is 3.53. The number of alkyl halides is 3. The van der Waals surface area contributed by atoms with E-state index in [0.29, 0.717) is 0 Å². The van der Waals surface area contributed by atoms with Gasteiger partial charge in [-0.25, -0.2) is 13.2 Å². The standard InChI is InChI=1S/C12H9Cl2F3O5S/c1-11(22-10(18)12(15,16)17)4-5-21-9-7(23(14,19)20)3-2-6(13)8(9)11/h2-3H,4-5H2,1H3. The van der Waals surface area contributed by atoms with Crippen LogP contribution in [-0.2, 0) is 24.2 Å². The molecule has 2 rings (SSSR count). The highest BCUT2D eigenvalue weighted by molar-refractivity contribution is 8.13. The quantitative estimate of drug-likeness (QED) is 0.569. The summed E-state index contributed by atoms with van der Waals surface area (Å²) in [5.41, 5.74) is -1.99. The van der Waals surface area contributed by atoms with E-state index in [4.69, 9.17) is 27.0 Å². The first-order chi connectivity index (χ1) is 10.4. The first-order valence-corrected chi connectivity index (χ1v) is 8.75. The van der Waals surface area contributed by atoms with Crippen LogP contribution in [0.1, 0.15) is 18.9 Å². The molecule has 0 fully saturated rings. The number of carbonyl (C=O) groups excluding carboxylic acids is 1. The van der Waals surface area contributed by atoms with E-state index in [0.717, 1.165) is 12.1 Å². The van der Waals surface area contributed by atoms with Gasteiger partial charge in [0.05, 0.1) is 17.2 Å². The lowest BCUT2D eigenvalue weighted by Gasteiger charge is -2.36. The molecule has 0 bridgehead atoms. The monoisotopic (exact) mass is 392 g/mol. The largest absolute Gasteiger partial charge is 0.491 e. The summed E-state index contributed by atoms with van der Waals surface area (Å²) in [5, 5.41) is -0.110. The molecule has 23 heavy (non-hydrogen) atoms. The van der Waals surface area contributed by atoms with Crippen molar-refractivity contribution in [3.05, 3.63) is 22.7 Å². The second-order valence-electron chi connectivity index (χ2n) is 4.90. The number of hydrogen-bond acceptors (Lipinski definition) is 5. The molecule has 1 aromatic carbocycles. The molecular formula is C12H9Cl2F3O5S. The van der Waals surface area contributed by atoms with Gasteiger partial charge in [-0.3, -0.25) is 0 Å². The molecule has 11 heteroatoms. The molecule has 5 nitrogen and oxygen atoms in total. The summed E-state index contributed by atoms with van der Waals surface area (Å²) < 4.78 is 70.3. The van der Waals surface area contributed by atoms with Crippen LogP contribution in [0.15, 0.2) is 17.0 Å². The molecule has 1 unspecified atom stereocenters. The van der Waals surface area contributed by atoms with Crippen molar-refractivity contribution in [1.29, 1.82) is 0 Å². The fourth-order valence-electron chi connectivity index (χ4n) is 2.20. The van der Waals surface area contributed by atoms with Gasteiger partial charge in [0, 0.05) is 17.1 Å². The van der Waals surface area contributed by atoms with E-state index in [1.807, 2.05) is 0 Å². The third kappa shape index (κ3) is 3.51. The van der Waals surface area contributed by atoms with E-state index in [-0.39, 0.29) is 29.4 Å². The highest BCUT2D eigenvalue weighted by Gasteiger charge is 2.48. The Morgan fingerprint density at radius 3 is 2.52 bits per heavy atom. The third-order valence-corrected chi connectivity index (χ3v) is 4.90. The number of benzene rings is 1. The van der Waals surface area contributed by atoms with Gasteiger partial charge in [0.25, 0.3) is 9.05 Å². The molecule has 0 aromatic heterocycles. The van der Waals surface area contributed by atoms with Crippen molar-refractivity contribution in [3.63, 3.8) is 0 Å². The fraction of sp³-hybridized carbons (Fsp3) is 0.417. The molecule has 0 spiro atoms. The van der Waals surface area contributed by atoms with Gasteiger partial charge in [-0.2, -0.15) is 13.2 Å². The van der Waals surface area contributed by atoms with Crippen LogP contribution in [0.5, 0.6) is 5.75 Å². The van der Waals surface area contributed by atoms with Gasteiger partial charge in [0.15, 0.2) is 0 Å². The van der Waals surface area contributed by atoms with E-state index in [1.165, 1.54) is 6.92 Å². The molecule has 1 atom stereocenters. The molecule has 1 heterocycles. The highest BCUT2D eigenvalue weighted by Crippen LogP contribution is 2.47. The summed E-state index contributed by atoms with van der Waals surface area (Å²) in [6.07, 6.45) is -5.35. The van der Waals surface area contributed by atoms with E-state index in [1.54, 1.807) is 0 Å². The molecule has 0 aliphatic carbocycles. The normalized spacial score (nSPS) is 21.3. The average molecular weight is 393 g/mol. The van der Waals surface area contributed by atoms with Crippen LogP contribution in [0.4, 0.5) is 13.2 Å². The molecule has 0 radical (unpaired) electrons. The maximum absolute atomic E-state index is 12.5. The molecule has 1 aliphatic heterocycles. The first kappa shape index (κ1) is 18.2. The zero-order chi connectivity index (χ0) is 17.6. The van der Waals surface area contributed by atoms with Gasteiger partial charge in [0.1, 0.15) is 16.2 Å². The number of ether oxygens (including phenoxy) is 2. The van der Waals surface area contributed by atoms with Crippen LogP contribution in [-0.4, -0.2) is 27.2 Å². The van der Waals surface area contributed by atoms with Crippen molar-refractivity contribution < 1.29 is 35.9 Å². The third-order valence-electron chi connectivity index (χ3n) is 3.24. The van der Waals surface area contributed by atoms with Gasteiger partial charge < -0.3 is 9.47 Å². The van der Waals surface area contributed by atoms with Crippen molar-refractivity contribution >= 4 is 37.3 Å². The lowest BCUT2D eigenvalue weighted by molar-refractivity contribution is -0.216. The van der Waals surface area contributed by atoms with Crippen molar-refractivity contribution in [2.75, 3.05) is 6.61 Å². The van der Waals surface area contributed by atoms with Crippen molar-refractivity contribution in [2.45, 2.75) is 30.0 Å². The van der Waals surface area contributed by atoms with Crippen LogP contribution in [0.2, 0.25) is 5.02 Å². The molecule has 0 N–H and O–H groups in total. The SMILES string of the molecule is CC1(OC(=O)C(F)(F)F)CCOc2c(S(=O)(=O)Cl)ccc(Cl)c21. The van der Waals surface area contributed by atoms with Gasteiger partial charge in [-0.05, 0) is 19.1 Å². The molecule has 0 saturated heterocycles. The number of halogens is 5. The Hall–Kier alpha value is -1.19. The Bertz CT molecular complexity index is 763. The van der Waals surface area contributed by atoms with Crippen LogP contribution in [0.3, 0.4) is 0 Å². The first-order valence-electron chi connectivity index (χ1n) is 6.07. The Morgan fingerprint density at radius 1 is 1.39 bits per heavy atom. The van der Waals surface area contributed by atoms with Crippen LogP contribution >= 0.6 is 22.3 Å². The van der Waals surface area contributed by atoms with Crippen molar-refractivity contribution in [1.82, 2.24) is 0 Å². The number of fused-ring (bicyclic) bond motifs is 1. The predicted molar refractivity (Wildman–Crippen MR) is 74.1 cm³/mol. The van der Waals surface area contributed by atoms with E-state index in [2.05, 4.69) is 4.74 Å². The highest BCUT2D eigenvalue weighted by atomic mass is 35.7. The lowest BCUT2D eigenvalue weighted by Crippen LogP contribution is -2.39. The van der Waals surface area contributed by atoms with E-state index in [9.17, 15) is 26.4 Å². The summed E-state index contributed by atoms with van der Waals surface area (Å²) in [4.78, 5) is 10.7. The Balaban J connectivity index is 2.61. The smallest absolute Gasteiger partial charge is 0.490 e. The zero-order valence-corrected chi connectivity index (χ0v) is 13.7. The Morgan fingerprint density at radius 2 is 2.00 bits per heavy atom. The van der Waals surface area contributed by atoms with Gasteiger partial charge in [0.2, 0.25) is 0 Å². The second kappa shape index (κ2) is 5.71. The average Bonchev–Trinajstić information content (AvgIpc) is 2.35. The minimum Gasteiger partial charge on any atom is -0.491 e. The predicted octanol–water partition coefficient (Wildman–Crippen LogP) is 3.37. The minimum atomic E-state index is -5.20. The van der Waals surface area contributed by atoms with Crippen LogP contribution in [0.25, 0.3) is 0 Å². The molecule has 128 valence electrons. The summed E-state index contributed by atoms with van der Waals surface area (Å²) >= 11 is 5.96. The minimum absolute atomic E-state index is 0.110. The molecule has 1 aromatic rings. The van der Waals surface area contributed by atoms with Crippen LogP contribution < -0.4 is 4.74 Å². The number of rotatable bonds is 2. The summed E-state index contributed by atoms with van der Waals surface area (Å²) in [6, 6.07) is 2.19. The van der Waals surface area contributed by atoms with Gasteiger partial charge in [-0.15, -0.1) is 0 Å². The number of carbonyl (C=O) groups is 1. The molecule has 0 amide bonds. The second-order valence-corrected chi connectivity index (χ2v) is 7.85. The number of hydrogen-bond donors (Lipinski definition) is 0. The Labute approximate surface area is 138 Å². The summed E-state index contributed by atoms with van der Waals surface area (Å²) in [5.74, 6) is -2.74. The maximum atomic E-state index is 12.5. The maximum Gasteiger partial charge on any atom is 0.490 e. The topological polar surface area (TPSA) is 69.7 Å². The van der Waals surface area contributed by atoms with Gasteiger partial charge in [-0.1, -0.05) is 11.6 Å². The summed E-state index contributed by atoms with van der Waals surface area (Å²) in [7, 11) is 1.04. The van der Waals surface area contributed by atoms with E-state index >= 15 is 0 Å². The van der Waals surface area contributed by atoms with Crippen molar-refractivity contribution in [3.8, 4) is 5.75 Å². The van der Waals surface area contributed by atoms with Gasteiger partial charge >= 0.3 is 12.1 Å². The molecular weight excluding hydrogens is 384 g/mol. The molecule has 1 aliphatic rings. The zero-order valence-electron chi connectivity index (χ0n) is 11.4.